The Morgan fingerprint density at radius 1 is 1.15 bits per heavy atom. The van der Waals surface area contributed by atoms with Crippen molar-refractivity contribution in [3.63, 3.8) is 0 Å². The average Bonchev–Trinajstić information content (AvgIpc) is 2.56. The number of hydrogen-bond donors (Lipinski definition) is 2. The molecular formula is C17H18F2N2O4S. The molecule has 0 saturated carbocycles. The minimum absolute atomic E-state index is 0.0399. The number of halogens is 2. The molecule has 0 unspecified atom stereocenters. The lowest BCUT2D eigenvalue weighted by atomic mass is 10.2. The van der Waals surface area contributed by atoms with Crippen LogP contribution in [-0.4, -0.2) is 26.7 Å². The summed E-state index contributed by atoms with van der Waals surface area (Å²) in [5.74, 6) is -0.801. The Hall–Kier alpha value is -2.68. The molecule has 26 heavy (non-hydrogen) atoms. The second-order valence-electron chi connectivity index (χ2n) is 5.33. The molecule has 0 radical (unpaired) electrons. The molecule has 0 spiro atoms. The molecule has 0 aliphatic rings. The van der Waals surface area contributed by atoms with Crippen LogP contribution in [0.1, 0.15) is 23.7 Å². The Morgan fingerprint density at radius 3 is 2.58 bits per heavy atom. The quantitative estimate of drug-likeness (QED) is 0.727. The number of sulfonamides is 1. The predicted octanol–water partition coefficient (Wildman–Crippen LogP) is 3.69. The summed E-state index contributed by atoms with van der Waals surface area (Å²) in [6.45, 7) is -1.29. The van der Waals surface area contributed by atoms with E-state index in [0.29, 0.717) is 6.42 Å². The molecule has 0 aromatic heterocycles. The van der Waals surface area contributed by atoms with E-state index >= 15 is 0 Å². The van der Waals surface area contributed by atoms with Crippen LogP contribution in [0.15, 0.2) is 48.5 Å². The van der Waals surface area contributed by atoms with E-state index in [2.05, 4.69) is 14.8 Å². The number of amides is 1. The van der Waals surface area contributed by atoms with Gasteiger partial charge in [0.05, 0.1) is 11.4 Å². The van der Waals surface area contributed by atoms with Crippen molar-refractivity contribution < 1.29 is 26.7 Å². The number of nitrogens with one attached hydrogen (secondary N) is 2. The number of hydrogen-bond acceptors (Lipinski definition) is 4. The van der Waals surface area contributed by atoms with Gasteiger partial charge in [-0.3, -0.25) is 9.52 Å². The summed E-state index contributed by atoms with van der Waals surface area (Å²) in [5.41, 5.74) is 0.478. The first-order valence-electron chi connectivity index (χ1n) is 7.76. The minimum Gasteiger partial charge on any atom is -0.433 e. The molecule has 9 heteroatoms. The number of para-hydroxylation sites is 2. The Bertz CT molecular complexity index is 873. The monoisotopic (exact) mass is 384 g/mol. The molecule has 2 aromatic carbocycles. The Kier molecular flexibility index (Phi) is 6.51. The van der Waals surface area contributed by atoms with Gasteiger partial charge in [-0.15, -0.1) is 0 Å². The van der Waals surface area contributed by atoms with E-state index < -0.39 is 22.5 Å². The van der Waals surface area contributed by atoms with Crippen molar-refractivity contribution in [2.75, 3.05) is 15.8 Å². The molecule has 2 N–H and O–H groups in total. The molecule has 6 nitrogen and oxygen atoms in total. The van der Waals surface area contributed by atoms with Crippen molar-refractivity contribution in [1.82, 2.24) is 0 Å². The summed E-state index contributed by atoms with van der Waals surface area (Å²) in [7, 11) is -3.49. The van der Waals surface area contributed by atoms with Gasteiger partial charge >= 0.3 is 6.61 Å². The van der Waals surface area contributed by atoms with Crippen LogP contribution in [-0.2, 0) is 10.0 Å². The SMILES string of the molecule is CCCS(=O)(=O)Nc1cccc(C(=O)Nc2ccccc2OC(F)F)c1. The Morgan fingerprint density at radius 2 is 1.88 bits per heavy atom. The third-order valence-electron chi connectivity index (χ3n) is 3.22. The van der Waals surface area contributed by atoms with Gasteiger partial charge in [0.2, 0.25) is 10.0 Å². The summed E-state index contributed by atoms with van der Waals surface area (Å²) >= 11 is 0. The van der Waals surface area contributed by atoms with Gasteiger partial charge in [0.25, 0.3) is 5.91 Å². The van der Waals surface area contributed by atoms with Gasteiger partial charge in [-0.05, 0) is 36.8 Å². The van der Waals surface area contributed by atoms with Gasteiger partial charge in [-0.25, -0.2) is 8.42 Å². The number of benzene rings is 2. The minimum atomic E-state index is -3.49. The number of carbonyl (C=O) groups is 1. The van der Waals surface area contributed by atoms with Crippen molar-refractivity contribution in [1.29, 1.82) is 0 Å². The van der Waals surface area contributed by atoms with Crippen LogP contribution in [0.25, 0.3) is 0 Å². The van der Waals surface area contributed by atoms with Crippen molar-refractivity contribution in [3.8, 4) is 5.75 Å². The number of alkyl halides is 2. The maximum atomic E-state index is 12.4. The lowest BCUT2D eigenvalue weighted by Gasteiger charge is -2.12. The first-order valence-corrected chi connectivity index (χ1v) is 9.41. The van der Waals surface area contributed by atoms with E-state index in [4.69, 9.17) is 0 Å². The zero-order valence-corrected chi connectivity index (χ0v) is 14.7. The molecule has 0 aliphatic heterocycles. The highest BCUT2D eigenvalue weighted by atomic mass is 32.2. The zero-order chi connectivity index (χ0) is 19.2. The number of carbonyl (C=O) groups excluding carboxylic acids is 1. The molecule has 0 fully saturated rings. The second-order valence-corrected chi connectivity index (χ2v) is 7.17. The summed E-state index contributed by atoms with van der Waals surface area (Å²) in [4.78, 5) is 12.4. The van der Waals surface area contributed by atoms with Gasteiger partial charge in [0.15, 0.2) is 0 Å². The van der Waals surface area contributed by atoms with Gasteiger partial charge in [0, 0.05) is 11.3 Å². The summed E-state index contributed by atoms with van der Waals surface area (Å²) < 4.78 is 55.3. The number of ether oxygens (including phenoxy) is 1. The van der Waals surface area contributed by atoms with E-state index in [9.17, 15) is 22.0 Å². The third-order valence-corrected chi connectivity index (χ3v) is 4.71. The fourth-order valence-corrected chi connectivity index (χ4v) is 3.31. The molecule has 2 aromatic rings. The average molecular weight is 384 g/mol. The summed E-state index contributed by atoms with van der Waals surface area (Å²) in [5, 5.41) is 2.47. The lowest BCUT2D eigenvalue weighted by Crippen LogP contribution is -2.17. The number of anilines is 2. The maximum Gasteiger partial charge on any atom is 0.387 e. The molecular weight excluding hydrogens is 366 g/mol. The summed E-state index contributed by atoms with van der Waals surface area (Å²) in [6.07, 6.45) is 0.455. The van der Waals surface area contributed by atoms with Crippen LogP contribution >= 0.6 is 0 Å². The Labute approximate surface area is 150 Å². The highest BCUT2D eigenvalue weighted by Gasteiger charge is 2.14. The largest absolute Gasteiger partial charge is 0.433 e. The van der Waals surface area contributed by atoms with Crippen molar-refractivity contribution in [2.45, 2.75) is 20.0 Å². The first-order chi connectivity index (χ1) is 12.3. The van der Waals surface area contributed by atoms with Crippen LogP contribution < -0.4 is 14.8 Å². The highest BCUT2D eigenvalue weighted by Crippen LogP contribution is 2.26. The van der Waals surface area contributed by atoms with Crippen LogP contribution in [0.2, 0.25) is 0 Å². The molecule has 0 atom stereocenters. The molecule has 0 bridgehead atoms. The van der Waals surface area contributed by atoms with E-state index in [-0.39, 0.29) is 28.4 Å². The predicted molar refractivity (Wildman–Crippen MR) is 95.2 cm³/mol. The Balaban J connectivity index is 2.17. The number of rotatable bonds is 8. The summed E-state index contributed by atoms with van der Waals surface area (Å²) in [6, 6.07) is 11.6. The van der Waals surface area contributed by atoms with Crippen LogP contribution in [0.4, 0.5) is 20.2 Å². The molecule has 0 heterocycles. The fraction of sp³-hybridized carbons (Fsp3) is 0.235. The normalized spacial score (nSPS) is 11.2. The standard InChI is InChI=1S/C17H18F2N2O4S/c1-2-10-26(23,24)21-13-7-5-6-12(11-13)16(22)20-14-8-3-4-9-15(14)25-17(18)19/h3-9,11,17,21H,2,10H2,1H3,(H,20,22). The van der Waals surface area contributed by atoms with Gasteiger partial charge in [0.1, 0.15) is 5.75 Å². The highest BCUT2D eigenvalue weighted by molar-refractivity contribution is 7.92. The lowest BCUT2D eigenvalue weighted by molar-refractivity contribution is -0.0493. The first kappa shape index (κ1) is 19.6. The van der Waals surface area contributed by atoms with Gasteiger partial charge < -0.3 is 10.1 Å². The molecule has 1 amide bonds. The van der Waals surface area contributed by atoms with Gasteiger partial charge in [-0.1, -0.05) is 25.1 Å². The molecule has 140 valence electrons. The topological polar surface area (TPSA) is 84.5 Å². The van der Waals surface area contributed by atoms with E-state index in [1.807, 2.05) is 0 Å². The third kappa shape index (κ3) is 5.69. The zero-order valence-electron chi connectivity index (χ0n) is 13.9. The fourth-order valence-electron chi connectivity index (χ4n) is 2.19. The van der Waals surface area contributed by atoms with Crippen molar-refractivity contribution in [3.05, 3.63) is 54.1 Å². The molecule has 0 aliphatic carbocycles. The molecule has 2 rings (SSSR count). The van der Waals surface area contributed by atoms with Crippen LogP contribution in [0.5, 0.6) is 5.75 Å². The van der Waals surface area contributed by atoms with Crippen molar-refractivity contribution in [2.24, 2.45) is 0 Å². The van der Waals surface area contributed by atoms with Crippen molar-refractivity contribution >= 4 is 27.3 Å². The second kappa shape index (κ2) is 8.61. The van der Waals surface area contributed by atoms with E-state index in [0.717, 1.165) is 0 Å². The van der Waals surface area contributed by atoms with Crippen LogP contribution in [0, 0.1) is 0 Å². The van der Waals surface area contributed by atoms with Crippen LogP contribution in [0.3, 0.4) is 0 Å². The molecule has 0 saturated heterocycles. The van der Waals surface area contributed by atoms with E-state index in [1.54, 1.807) is 13.0 Å². The van der Waals surface area contributed by atoms with Gasteiger partial charge in [-0.2, -0.15) is 8.78 Å². The van der Waals surface area contributed by atoms with E-state index in [1.165, 1.54) is 42.5 Å². The maximum absolute atomic E-state index is 12.4. The smallest absolute Gasteiger partial charge is 0.387 e.